The van der Waals surface area contributed by atoms with Crippen LogP contribution in [0.4, 0.5) is 13.2 Å². The molecule has 0 N–H and O–H groups in total. The van der Waals surface area contributed by atoms with Crippen molar-refractivity contribution in [2.24, 2.45) is 17.8 Å². The van der Waals surface area contributed by atoms with Gasteiger partial charge in [0.05, 0.1) is 5.56 Å². The molecule has 0 aromatic heterocycles. The minimum atomic E-state index is -1.19. The number of fused-ring (bicyclic) bond motifs is 1. The Morgan fingerprint density at radius 2 is 1.78 bits per heavy atom. The number of ether oxygens (including phenoxy) is 1. The van der Waals surface area contributed by atoms with E-state index in [2.05, 4.69) is 6.58 Å². The third kappa shape index (κ3) is 6.55. The van der Waals surface area contributed by atoms with Crippen LogP contribution in [0, 0.1) is 35.2 Å². The zero-order chi connectivity index (χ0) is 26.4. The molecule has 2 aromatic carbocycles. The topological polar surface area (TPSA) is 26.3 Å². The molecule has 0 heterocycles. The molecule has 2 aromatic rings. The number of hydrogen-bond donors (Lipinski definition) is 0. The van der Waals surface area contributed by atoms with Crippen LogP contribution in [0.3, 0.4) is 0 Å². The van der Waals surface area contributed by atoms with Crippen LogP contribution >= 0.6 is 0 Å². The van der Waals surface area contributed by atoms with Crippen molar-refractivity contribution in [3.63, 3.8) is 0 Å². The molecule has 2 fully saturated rings. The molecule has 2 aliphatic rings. The Morgan fingerprint density at radius 1 is 1.00 bits per heavy atom. The average Bonchev–Trinajstić information content (AvgIpc) is 2.90. The van der Waals surface area contributed by atoms with E-state index in [0.29, 0.717) is 35.8 Å². The van der Waals surface area contributed by atoms with Gasteiger partial charge in [-0.15, -0.1) is 6.58 Å². The first-order chi connectivity index (χ1) is 17.9. The monoisotopic (exact) mass is 510 g/mol. The first-order valence-corrected chi connectivity index (χ1v) is 13.6. The number of carbonyl (C=O) groups excluding carboxylic acids is 1. The third-order valence-electron chi connectivity index (χ3n) is 8.32. The lowest BCUT2D eigenvalue weighted by molar-refractivity contribution is 0.0728. The van der Waals surface area contributed by atoms with Crippen LogP contribution in [-0.2, 0) is 6.42 Å². The fraction of sp³-hybridized carbons (Fsp3) is 0.469. The van der Waals surface area contributed by atoms with Crippen LogP contribution in [0.5, 0.6) is 5.75 Å². The smallest absolute Gasteiger partial charge is 0.346 e. The number of halogens is 3. The van der Waals surface area contributed by atoms with E-state index in [1.165, 1.54) is 37.5 Å². The summed E-state index contributed by atoms with van der Waals surface area (Å²) >= 11 is 0. The molecule has 0 saturated heterocycles. The van der Waals surface area contributed by atoms with Crippen LogP contribution in [0.1, 0.15) is 92.1 Å². The normalized spacial score (nSPS) is 23.6. The Kier molecular flexibility index (Phi) is 9.28. The van der Waals surface area contributed by atoms with Gasteiger partial charge < -0.3 is 4.74 Å². The number of rotatable bonds is 9. The van der Waals surface area contributed by atoms with Gasteiger partial charge >= 0.3 is 5.97 Å². The maximum Gasteiger partial charge on any atom is 0.346 e. The Balaban J connectivity index is 1.40. The van der Waals surface area contributed by atoms with Crippen LogP contribution < -0.4 is 4.74 Å². The standard InChI is InChI=1S/C32H37F3O2/c1-3-5-7-9-22-14-15-26(20-29(22)33)37-32(36)28-17-16-27(30(34)31(28)35)25-13-12-23-18-21(8-6-4-2)10-11-24(23)19-25/h3-5,14-17,20-21,23-25H,2,6-13,18-19H2,1H3/b5-3+. The van der Waals surface area contributed by atoms with Crippen molar-refractivity contribution in [2.45, 2.75) is 77.0 Å². The highest BCUT2D eigenvalue weighted by atomic mass is 19.2. The van der Waals surface area contributed by atoms with E-state index in [9.17, 15) is 9.18 Å². The zero-order valence-electron chi connectivity index (χ0n) is 21.7. The van der Waals surface area contributed by atoms with Gasteiger partial charge in [0.1, 0.15) is 11.6 Å². The average molecular weight is 511 g/mol. The highest BCUT2D eigenvalue weighted by Crippen LogP contribution is 2.49. The summed E-state index contributed by atoms with van der Waals surface area (Å²) in [5.74, 6) is -1.83. The second-order valence-corrected chi connectivity index (χ2v) is 10.7. The van der Waals surface area contributed by atoms with Gasteiger partial charge in [0.15, 0.2) is 11.6 Å². The van der Waals surface area contributed by atoms with E-state index in [4.69, 9.17) is 4.74 Å². The van der Waals surface area contributed by atoms with Gasteiger partial charge in [-0.05, 0) is 112 Å². The van der Waals surface area contributed by atoms with E-state index in [1.54, 1.807) is 6.07 Å². The number of benzene rings is 2. The van der Waals surface area contributed by atoms with Gasteiger partial charge in [0.25, 0.3) is 0 Å². The first-order valence-electron chi connectivity index (χ1n) is 13.6. The molecular weight excluding hydrogens is 473 g/mol. The van der Waals surface area contributed by atoms with Gasteiger partial charge in [-0.25, -0.2) is 18.0 Å². The molecule has 2 saturated carbocycles. The van der Waals surface area contributed by atoms with Crippen LogP contribution in [0.2, 0.25) is 0 Å². The molecule has 198 valence electrons. The second-order valence-electron chi connectivity index (χ2n) is 10.7. The van der Waals surface area contributed by atoms with Gasteiger partial charge in [-0.3, -0.25) is 0 Å². The quantitative estimate of drug-likeness (QED) is 0.191. The molecular formula is C32H37F3O2. The number of allylic oxidation sites excluding steroid dienone is 3. The van der Waals surface area contributed by atoms with Crippen molar-refractivity contribution < 1.29 is 22.7 Å². The highest BCUT2D eigenvalue weighted by Gasteiger charge is 2.37. The Bertz CT molecular complexity index is 1140. The van der Waals surface area contributed by atoms with Crippen LogP contribution in [0.25, 0.3) is 0 Å². The summed E-state index contributed by atoms with van der Waals surface area (Å²) in [5.41, 5.74) is 0.368. The summed E-state index contributed by atoms with van der Waals surface area (Å²) in [6.07, 6.45) is 15.6. The molecule has 2 aliphatic carbocycles. The largest absolute Gasteiger partial charge is 0.423 e. The molecule has 4 rings (SSSR count). The molecule has 0 amide bonds. The molecule has 0 radical (unpaired) electrons. The van der Waals surface area contributed by atoms with Gasteiger partial charge in [-0.1, -0.05) is 36.8 Å². The summed E-state index contributed by atoms with van der Waals surface area (Å²) in [6, 6.07) is 6.96. The fourth-order valence-electron chi connectivity index (χ4n) is 6.28. The van der Waals surface area contributed by atoms with Crippen molar-refractivity contribution in [2.75, 3.05) is 0 Å². The van der Waals surface area contributed by atoms with Crippen molar-refractivity contribution in [1.82, 2.24) is 0 Å². The van der Waals surface area contributed by atoms with E-state index < -0.39 is 29.0 Å². The Labute approximate surface area is 218 Å². The predicted molar refractivity (Wildman–Crippen MR) is 141 cm³/mol. The van der Waals surface area contributed by atoms with Gasteiger partial charge in [0.2, 0.25) is 0 Å². The maximum atomic E-state index is 15.2. The lowest BCUT2D eigenvalue weighted by atomic mass is 9.63. The molecule has 0 spiro atoms. The summed E-state index contributed by atoms with van der Waals surface area (Å²) in [5, 5.41) is 0. The third-order valence-corrected chi connectivity index (χ3v) is 8.32. The molecule has 0 bridgehead atoms. The minimum Gasteiger partial charge on any atom is -0.423 e. The van der Waals surface area contributed by atoms with Crippen molar-refractivity contribution in [3.8, 4) is 5.75 Å². The van der Waals surface area contributed by atoms with E-state index in [-0.39, 0.29) is 11.7 Å². The molecule has 5 heteroatoms. The fourth-order valence-corrected chi connectivity index (χ4v) is 6.28. The van der Waals surface area contributed by atoms with Gasteiger partial charge in [-0.2, -0.15) is 0 Å². The van der Waals surface area contributed by atoms with Crippen molar-refractivity contribution in [3.05, 3.63) is 89.3 Å². The molecule has 4 unspecified atom stereocenters. The number of carbonyl (C=O) groups is 1. The lowest BCUT2D eigenvalue weighted by Gasteiger charge is -2.42. The van der Waals surface area contributed by atoms with Gasteiger partial charge in [0, 0.05) is 6.07 Å². The van der Waals surface area contributed by atoms with E-state index >= 15 is 8.78 Å². The van der Waals surface area contributed by atoms with E-state index in [0.717, 1.165) is 44.1 Å². The highest BCUT2D eigenvalue weighted by molar-refractivity contribution is 5.91. The van der Waals surface area contributed by atoms with Crippen molar-refractivity contribution >= 4 is 5.97 Å². The van der Waals surface area contributed by atoms with Crippen molar-refractivity contribution in [1.29, 1.82) is 0 Å². The number of hydrogen-bond acceptors (Lipinski definition) is 2. The summed E-state index contributed by atoms with van der Waals surface area (Å²) < 4.78 is 49.8. The number of esters is 1. The molecule has 37 heavy (non-hydrogen) atoms. The Hall–Kier alpha value is -2.82. The SMILES string of the molecule is C=CCCC1CCC2CC(c3ccc(C(=O)Oc4ccc(CC/C=C/C)c(F)c4)c(F)c3F)CCC2C1. The summed E-state index contributed by atoms with van der Waals surface area (Å²) in [7, 11) is 0. The maximum absolute atomic E-state index is 15.2. The van der Waals surface area contributed by atoms with Crippen LogP contribution in [0.15, 0.2) is 55.1 Å². The molecule has 4 atom stereocenters. The molecule has 2 nitrogen and oxygen atoms in total. The number of aryl methyl sites for hydroxylation is 1. The summed E-state index contributed by atoms with van der Waals surface area (Å²) in [4.78, 5) is 12.6. The second kappa shape index (κ2) is 12.6. The summed E-state index contributed by atoms with van der Waals surface area (Å²) in [6.45, 7) is 5.73. The van der Waals surface area contributed by atoms with E-state index in [1.807, 2.05) is 25.2 Å². The zero-order valence-corrected chi connectivity index (χ0v) is 21.7. The first kappa shape index (κ1) is 27.2. The minimum absolute atomic E-state index is 0.0387. The lowest BCUT2D eigenvalue weighted by Crippen LogP contribution is -2.30. The molecule has 0 aliphatic heterocycles. The Morgan fingerprint density at radius 3 is 2.54 bits per heavy atom. The predicted octanol–water partition coefficient (Wildman–Crippen LogP) is 9.10. The van der Waals surface area contributed by atoms with Crippen LogP contribution in [-0.4, -0.2) is 5.97 Å².